The van der Waals surface area contributed by atoms with Gasteiger partial charge in [-0.3, -0.25) is 4.79 Å². The van der Waals surface area contributed by atoms with E-state index in [9.17, 15) is 4.79 Å². The van der Waals surface area contributed by atoms with Gasteiger partial charge in [-0.15, -0.1) is 0 Å². The summed E-state index contributed by atoms with van der Waals surface area (Å²) < 4.78 is 2.16. The molecule has 3 heterocycles. The molecule has 1 amide bonds. The second-order valence-corrected chi connectivity index (χ2v) is 6.37. The fraction of sp³-hybridized carbons (Fsp3) is 0.444. The highest BCUT2D eigenvalue weighted by molar-refractivity contribution is 5.79. The molecular weight excluding hydrogens is 288 g/mol. The molecule has 1 unspecified atom stereocenters. The highest BCUT2D eigenvalue weighted by atomic mass is 16.2. The van der Waals surface area contributed by atoms with Gasteiger partial charge < -0.3 is 14.4 Å². The van der Waals surface area contributed by atoms with Crippen molar-refractivity contribution in [2.75, 3.05) is 31.1 Å². The second-order valence-electron chi connectivity index (χ2n) is 6.37. The standard InChI is InChI=1S/C18H22N4O/c23-18(15-6-8-21-9-7-19-17(21)14-15)22-12-10-20(11-13-22)16-4-2-1-3-5-16/h1-5,7,9,15H,6,8,10-14H2. The molecular formula is C18H22N4O. The first kappa shape index (κ1) is 14.3. The second kappa shape index (κ2) is 6.07. The van der Waals surface area contributed by atoms with Crippen LogP contribution in [0.5, 0.6) is 0 Å². The SMILES string of the molecule is O=C(C1CCn2ccnc2C1)N1CCN(c2ccccc2)CC1. The van der Waals surface area contributed by atoms with E-state index in [1.54, 1.807) is 0 Å². The van der Waals surface area contributed by atoms with Gasteiger partial charge >= 0.3 is 0 Å². The molecule has 0 saturated carbocycles. The van der Waals surface area contributed by atoms with Crippen molar-refractivity contribution in [3.8, 4) is 0 Å². The minimum Gasteiger partial charge on any atom is -0.368 e. The molecule has 1 saturated heterocycles. The first-order valence-electron chi connectivity index (χ1n) is 8.40. The van der Waals surface area contributed by atoms with Gasteiger partial charge in [0.25, 0.3) is 0 Å². The zero-order valence-corrected chi connectivity index (χ0v) is 13.3. The van der Waals surface area contributed by atoms with Gasteiger partial charge in [-0.2, -0.15) is 0 Å². The van der Waals surface area contributed by atoms with Gasteiger partial charge in [-0.25, -0.2) is 4.98 Å². The number of imidazole rings is 1. The molecule has 1 aromatic heterocycles. The van der Waals surface area contributed by atoms with Gasteiger partial charge in [0.1, 0.15) is 5.82 Å². The van der Waals surface area contributed by atoms with Crippen molar-refractivity contribution in [3.05, 3.63) is 48.5 Å². The normalized spacial score (nSPS) is 21.1. The Bertz CT molecular complexity index is 673. The van der Waals surface area contributed by atoms with Gasteiger partial charge in [-0.1, -0.05) is 18.2 Å². The third-order valence-electron chi connectivity index (χ3n) is 5.01. The molecule has 0 spiro atoms. The van der Waals surface area contributed by atoms with E-state index in [0.717, 1.165) is 51.4 Å². The fourth-order valence-electron chi connectivity index (χ4n) is 3.64. The van der Waals surface area contributed by atoms with Crippen LogP contribution in [0.25, 0.3) is 0 Å². The van der Waals surface area contributed by atoms with E-state index in [2.05, 4.69) is 38.7 Å². The van der Waals surface area contributed by atoms with Crippen molar-refractivity contribution in [2.24, 2.45) is 5.92 Å². The van der Waals surface area contributed by atoms with Crippen LogP contribution in [0.4, 0.5) is 5.69 Å². The fourth-order valence-corrected chi connectivity index (χ4v) is 3.64. The summed E-state index contributed by atoms with van der Waals surface area (Å²) in [6.45, 7) is 4.38. The molecule has 1 atom stereocenters. The Hall–Kier alpha value is -2.30. The maximum atomic E-state index is 12.8. The third kappa shape index (κ3) is 2.83. The van der Waals surface area contributed by atoms with E-state index >= 15 is 0 Å². The molecule has 120 valence electrons. The van der Waals surface area contributed by atoms with Crippen LogP contribution >= 0.6 is 0 Å². The summed E-state index contributed by atoms with van der Waals surface area (Å²) >= 11 is 0. The lowest BCUT2D eigenvalue weighted by molar-refractivity contribution is -0.136. The molecule has 0 bridgehead atoms. The summed E-state index contributed by atoms with van der Waals surface area (Å²) in [7, 11) is 0. The molecule has 2 aliphatic rings. The number of rotatable bonds is 2. The number of aryl methyl sites for hydroxylation is 1. The highest BCUT2D eigenvalue weighted by Crippen LogP contribution is 2.23. The molecule has 5 heteroatoms. The average Bonchev–Trinajstić information content (AvgIpc) is 3.10. The Kier molecular flexibility index (Phi) is 3.77. The monoisotopic (exact) mass is 310 g/mol. The van der Waals surface area contributed by atoms with Crippen LogP contribution in [0.2, 0.25) is 0 Å². The zero-order valence-electron chi connectivity index (χ0n) is 13.3. The summed E-state index contributed by atoms with van der Waals surface area (Å²) in [5, 5.41) is 0. The van der Waals surface area contributed by atoms with Crippen LogP contribution in [0.15, 0.2) is 42.7 Å². The average molecular weight is 310 g/mol. The predicted molar refractivity (Wildman–Crippen MR) is 89.3 cm³/mol. The summed E-state index contributed by atoms with van der Waals surface area (Å²) in [6, 6.07) is 10.4. The van der Waals surface area contributed by atoms with E-state index in [0.29, 0.717) is 5.91 Å². The molecule has 0 radical (unpaired) electrons. The number of fused-ring (bicyclic) bond motifs is 1. The van der Waals surface area contributed by atoms with Gasteiger partial charge in [0.2, 0.25) is 5.91 Å². The van der Waals surface area contributed by atoms with Gasteiger partial charge in [0, 0.05) is 63.1 Å². The minimum absolute atomic E-state index is 0.105. The molecule has 0 N–H and O–H groups in total. The van der Waals surface area contributed by atoms with Gasteiger partial charge in [-0.05, 0) is 18.6 Å². The zero-order chi connectivity index (χ0) is 15.6. The molecule has 4 rings (SSSR count). The van der Waals surface area contributed by atoms with E-state index < -0.39 is 0 Å². The number of benzene rings is 1. The molecule has 5 nitrogen and oxygen atoms in total. The Morgan fingerprint density at radius 3 is 2.61 bits per heavy atom. The van der Waals surface area contributed by atoms with Crippen molar-refractivity contribution < 1.29 is 4.79 Å². The Labute approximate surface area is 136 Å². The first-order valence-corrected chi connectivity index (χ1v) is 8.40. The molecule has 1 fully saturated rings. The lowest BCUT2D eigenvalue weighted by Gasteiger charge is -2.38. The largest absolute Gasteiger partial charge is 0.368 e. The van der Waals surface area contributed by atoms with Crippen molar-refractivity contribution >= 4 is 11.6 Å². The first-order chi connectivity index (χ1) is 11.3. The third-order valence-corrected chi connectivity index (χ3v) is 5.01. The lowest BCUT2D eigenvalue weighted by Crippen LogP contribution is -2.51. The van der Waals surface area contributed by atoms with Crippen LogP contribution in [-0.2, 0) is 17.8 Å². The van der Waals surface area contributed by atoms with Crippen LogP contribution in [0, 0.1) is 5.92 Å². The van der Waals surface area contributed by atoms with Crippen molar-refractivity contribution in [1.29, 1.82) is 0 Å². The number of nitrogens with zero attached hydrogens (tertiary/aromatic N) is 4. The van der Waals surface area contributed by atoms with Crippen LogP contribution in [-0.4, -0.2) is 46.5 Å². The van der Waals surface area contributed by atoms with Crippen LogP contribution < -0.4 is 4.90 Å². The molecule has 1 aromatic carbocycles. The van der Waals surface area contributed by atoms with Crippen molar-refractivity contribution in [1.82, 2.24) is 14.5 Å². The Morgan fingerprint density at radius 1 is 1.04 bits per heavy atom. The summed E-state index contributed by atoms with van der Waals surface area (Å²) in [5.41, 5.74) is 1.25. The molecule has 23 heavy (non-hydrogen) atoms. The number of piperazine rings is 1. The summed E-state index contributed by atoms with van der Waals surface area (Å²) in [4.78, 5) is 21.6. The smallest absolute Gasteiger partial charge is 0.226 e. The minimum atomic E-state index is 0.105. The number of para-hydroxylation sites is 1. The predicted octanol–water partition coefficient (Wildman–Crippen LogP) is 1.79. The van der Waals surface area contributed by atoms with Gasteiger partial charge in [0.05, 0.1) is 0 Å². The molecule has 2 aliphatic heterocycles. The van der Waals surface area contributed by atoms with Crippen molar-refractivity contribution in [2.45, 2.75) is 19.4 Å². The topological polar surface area (TPSA) is 41.4 Å². The maximum absolute atomic E-state index is 12.8. The Morgan fingerprint density at radius 2 is 1.83 bits per heavy atom. The van der Waals surface area contributed by atoms with E-state index in [1.165, 1.54) is 5.69 Å². The number of carbonyl (C=O) groups excluding carboxylic acids is 1. The number of aromatic nitrogens is 2. The van der Waals surface area contributed by atoms with E-state index in [4.69, 9.17) is 0 Å². The van der Waals surface area contributed by atoms with Crippen molar-refractivity contribution in [3.63, 3.8) is 0 Å². The molecule has 2 aromatic rings. The lowest BCUT2D eigenvalue weighted by atomic mass is 9.96. The molecule has 0 aliphatic carbocycles. The Balaban J connectivity index is 1.36. The van der Waals surface area contributed by atoms with Crippen LogP contribution in [0.1, 0.15) is 12.2 Å². The van der Waals surface area contributed by atoms with Crippen LogP contribution in [0.3, 0.4) is 0 Å². The number of hydrogen-bond donors (Lipinski definition) is 0. The number of amides is 1. The van der Waals surface area contributed by atoms with E-state index in [1.807, 2.05) is 23.4 Å². The van der Waals surface area contributed by atoms with E-state index in [-0.39, 0.29) is 5.92 Å². The quantitative estimate of drug-likeness (QED) is 0.849. The summed E-state index contributed by atoms with van der Waals surface area (Å²) in [6.07, 6.45) is 5.56. The number of hydrogen-bond acceptors (Lipinski definition) is 3. The van der Waals surface area contributed by atoms with Gasteiger partial charge in [0.15, 0.2) is 0 Å². The highest BCUT2D eigenvalue weighted by Gasteiger charge is 2.30. The maximum Gasteiger partial charge on any atom is 0.226 e. The number of carbonyl (C=O) groups is 1. The summed E-state index contributed by atoms with van der Waals surface area (Å²) in [5.74, 6) is 1.47. The number of anilines is 1.